The fourth-order valence-corrected chi connectivity index (χ4v) is 1.87. The number of nitrogens with two attached hydrogens (primary N) is 1. The molecule has 0 radical (unpaired) electrons. The third kappa shape index (κ3) is 2.45. The fraction of sp³-hybridized carbons (Fsp3) is 0.900. The molecule has 0 aromatic rings. The predicted octanol–water partition coefficient (Wildman–Crippen LogP) is 0.219. The van der Waals surface area contributed by atoms with Gasteiger partial charge in [-0.15, -0.1) is 0 Å². The van der Waals surface area contributed by atoms with Crippen LogP contribution in [0.4, 0.5) is 0 Å². The molecule has 4 heteroatoms. The van der Waals surface area contributed by atoms with Crippen molar-refractivity contribution in [3.63, 3.8) is 0 Å². The summed E-state index contributed by atoms with van der Waals surface area (Å²) in [5.74, 6) is 0.240. The van der Waals surface area contributed by atoms with Crippen LogP contribution in [0.5, 0.6) is 0 Å². The fourth-order valence-electron chi connectivity index (χ4n) is 1.87. The zero-order valence-corrected chi connectivity index (χ0v) is 9.03. The van der Waals surface area contributed by atoms with Gasteiger partial charge in [-0.1, -0.05) is 0 Å². The Bertz CT molecular complexity index is 197. The number of hydrogen-bond donors (Lipinski definition) is 1. The first-order valence-corrected chi connectivity index (χ1v) is 5.31. The molecular formula is C10H20N2O2. The van der Waals surface area contributed by atoms with E-state index in [2.05, 4.69) is 0 Å². The summed E-state index contributed by atoms with van der Waals surface area (Å²) in [5.41, 5.74) is 5.45. The summed E-state index contributed by atoms with van der Waals surface area (Å²) in [6.07, 6.45) is 0.912. The van der Waals surface area contributed by atoms with Crippen LogP contribution >= 0.6 is 0 Å². The lowest BCUT2D eigenvalue weighted by atomic mass is 10.0. The van der Waals surface area contributed by atoms with Gasteiger partial charge in [0.25, 0.3) is 0 Å². The van der Waals surface area contributed by atoms with E-state index in [4.69, 9.17) is 10.5 Å². The molecule has 0 saturated carbocycles. The zero-order chi connectivity index (χ0) is 10.6. The van der Waals surface area contributed by atoms with E-state index >= 15 is 0 Å². The highest BCUT2D eigenvalue weighted by molar-refractivity contribution is 5.79. The smallest absolute Gasteiger partial charge is 0.228 e. The topological polar surface area (TPSA) is 55.6 Å². The van der Waals surface area contributed by atoms with Crippen molar-refractivity contribution in [1.29, 1.82) is 0 Å². The average molecular weight is 200 g/mol. The molecule has 0 aromatic carbocycles. The maximum atomic E-state index is 12.0. The lowest BCUT2D eigenvalue weighted by Crippen LogP contribution is -2.41. The third-order valence-corrected chi connectivity index (χ3v) is 2.79. The van der Waals surface area contributed by atoms with Gasteiger partial charge in [-0.2, -0.15) is 0 Å². The lowest BCUT2D eigenvalue weighted by molar-refractivity contribution is -0.136. The monoisotopic (exact) mass is 200 g/mol. The maximum Gasteiger partial charge on any atom is 0.228 e. The van der Waals surface area contributed by atoms with Gasteiger partial charge in [-0.25, -0.2) is 0 Å². The summed E-state index contributed by atoms with van der Waals surface area (Å²) in [6, 6.07) is 0. The Labute approximate surface area is 85.4 Å². The van der Waals surface area contributed by atoms with Crippen LogP contribution in [0.3, 0.4) is 0 Å². The predicted molar refractivity (Wildman–Crippen MR) is 54.8 cm³/mol. The van der Waals surface area contributed by atoms with Gasteiger partial charge in [0.2, 0.25) is 5.91 Å². The van der Waals surface area contributed by atoms with Crippen molar-refractivity contribution in [1.82, 2.24) is 4.90 Å². The van der Waals surface area contributed by atoms with Crippen molar-refractivity contribution in [2.24, 2.45) is 11.7 Å². The molecule has 1 rings (SSSR count). The average Bonchev–Trinajstić information content (AvgIpc) is 2.59. The van der Waals surface area contributed by atoms with Crippen molar-refractivity contribution in [3.05, 3.63) is 0 Å². The largest absolute Gasteiger partial charge is 0.378 e. The van der Waals surface area contributed by atoms with E-state index in [9.17, 15) is 4.79 Å². The molecule has 0 bridgehead atoms. The van der Waals surface area contributed by atoms with Crippen LogP contribution in [-0.2, 0) is 9.53 Å². The zero-order valence-electron chi connectivity index (χ0n) is 9.03. The highest BCUT2D eigenvalue weighted by Gasteiger charge is 2.32. The molecular weight excluding hydrogens is 180 g/mol. The number of likely N-dealkylation sites (N-methyl/N-ethyl adjacent to an activating group) is 1. The van der Waals surface area contributed by atoms with Gasteiger partial charge in [-0.05, 0) is 20.3 Å². The van der Waals surface area contributed by atoms with E-state index < -0.39 is 0 Å². The number of carbonyl (C=O) groups is 1. The number of carbonyl (C=O) groups excluding carboxylic acids is 1. The van der Waals surface area contributed by atoms with E-state index in [0.717, 1.165) is 13.0 Å². The minimum absolute atomic E-state index is 0.0431. The van der Waals surface area contributed by atoms with Crippen LogP contribution in [0.15, 0.2) is 0 Å². The van der Waals surface area contributed by atoms with Gasteiger partial charge < -0.3 is 15.4 Å². The van der Waals surface area contributed by atoms with Crippen LogP contribution in [0.25, 0.3) is 0 Å². The molecule has 1 fully saturated rings. The maximum absolute atomic E-state index is 12.0. The quantitative estimate of drug-likeness (QED) is 0.706. The minimum Gasteiger partial charge on any atom is -0.378 e. The van der Waals surface area contributed by atoms with E-state index in [-0.39, 0.29) is 17.9 Å². The van der Waals surface area contributed by atoms with Crippen LogP contribution < -0.4 is 5.73 Å². The molecule has 0 aliphatic carbocycles. The second-order valence-corrected chi connectivity index (χ2v) is 3.68. The van der Waals surface area contributed by atoms with E-state index in [1.807, 2.05) is 18.7 Å². The molecule has 0 aromatic heterocycles. The summed E-state index contributed by atoms with van der Waals surface area (Å²) in [5, 5.41) is 0. The van der Waals surface area contributed by atoms with Gasteiger partial charge in [0, 0.05) is 26.2 Å². The normalized spacial score (nSPS) is 26.5. The Morgan fingerprint density at radius 3 is 2.79 bits per heavy atom. The Morgan fingerprint density at radius 2 is 2.36 bits per heavy atom. The molecule has 2 N–H and O–H groups in total. The third-order valence-electron chi connectivity index (χ3n) is 2.79. The molecule has 1 saturated heterocycles. The second-order valence-electron chi connectivity index (χ2n) is 3.68. The van der Waals surface area contributed by atoms with Gasteiger partial charge in [0.15, 0.2) is 0 Å². The summed E-state index contributed by atoms with van der Waals surface area (Å²) in [4.78, 5) is 13.8. The van der Waals surface area contributed by atoms with Gasteiger partial charge in [0.1, 0.15) is 0 Å². The summed E-state index contributed by atoms with van der Waals surface area (Å²) >= 11 is 0. The molecule has 2 unspecified atom stereocenters. The van der Waals surface area contributed by atoms with Crippen molar-refractivity contribution in [2.45, 2.75) is 26.4 Å². The number of amides is 1. The van der Waals surface area contributed by atoms with E-state index in [1.54, 1.807) is 0 Å². The summed E-state index contributed by atoms with van der Waals surface area (Å²) in [7, 11) is 0. The van der Waals surface area contributed by atoms with Crippen molar-refractivity contribution in [3.8, 4) is 0 Å². The Morgan fingerprint density at radius 1 is 1.64 bits per heavy atom. The first kappa shape index (κ1) is 11.5. The van der Waals surface area contributed by atoms with E-state index in [0.29, 0.717) is 19.7 Å². The van der Waals surface area contributed by atoms with Crippen LogP contribution in [0.1, 0.15) is 20.3 Å². The lowest BCUT2D eigenvalue weighted by Gasteiger charge is -2.24. The van der Waals surface area contributed by atoms with Crippen LogP contribution in [0.2, 0.25) is 0 Å². The van der Waals surface area contributed by atoms with Gasteiger partial charge in [0.05, 0.1) is 12.0 Å². The second kappa shape index (κ2) is 5.32. The van der Waals surface area contributed by atoms with Gasteiger partial charge in [-0.3, -0.25) is 4.79 Å². The molecule has 1 heterocycles. The Balaban J connectivity index is 2.52. The van der Waals surface area contributed by atoms with Crippen LogP contribution in [0, 0.1) is 5.92 Å². The summed E-state index contributed by atoms with van der Waals surface area (Å²) in [6.45, 7) is 6.57. The molecule has 4 nitrogen and oxygen atoms in total. The molecule has 14 heavy (non-hydrogen) atoms. The first-order chi connectivity index (χ1) is 6.70. The van der Waals surface area contributed by atoms with Crippen molar-refractivity contribution in [2.75, 3.05) is 26.2 Å². The molecule has 2 atom stereocenters. The standard InChI is InChI=1S/C10H20N2O2/c1-3-12(6-5-11)10(13)9-4-7-14-8(9)2/h8-9H,3-7,11H2,1-2H3. The highest BCUT2D eigenvalue weighted by atomic mass is 16.5. The van der Waals surface area contributed by atoms with E-state index in [1.165, 1.54) is 0 Å². The molecule has 82 valence electrons. The number of ether oxygens (including phenoxy) is 1. The number of rotatable bonds is 4. The Hall–Kier alpha value is -0.610. The van der Waals surface area contributed by atoms with Crippen molar-refractivity contribution < 1.29 is 9.53 Å². The Kier molecular flexibility index (Phi) is 4.35. The molecule has 0 spiro atoms. The van der Waals surface area contributed by atoms with Crippen LogP contribution in [-0.4, -0.2) is 43.2 Å². The molecule has 1 aliphatic heterocycles. The SMILES string of the molecule is CCN(CCN)C(=O)C1CCOC1C. The molecule has 1 aliphatic rings. The summed E-state index contributed by atoms with van der Waals surface area (Å²) < 4.78 is 5.38. The minimum atomic E-state index is 0.0431. The number of hydrogen-bond acceptors (Lipinski definition) is 3. The highest BCUT2D eigenvalue weighted by Crippen LogP contribution is 2.22. The van der Waals surface area contributed by atoms with Gasteiger partial charge >= 0.3 is 0 Å². The van der Waals surface area contributed by atoms with Crippen molar-refractivity contribution >= 4 is 5.91 Å². The molecule has 1 amide bonds. The first-order valence-electron chi connectivity index (χ1n) is 5.31. The number of nitrogens with zero attached hydrogens (tertiary/aromatic N) is 1.